The van der Waals surface area contributed by atoms with Crippen molar-refractivity contribution < 1.29 is 14.3 Å². The first-order valence-electron chi connectivity index (χ1n) is 9.77. The summed E-state index contributed by atoms with van der Waals surface area (Å²) in [4.78, 5) is 25.2. The summed E-state index contributed by atoms with van der Waals surface area (Å²) in [6.07, 6.45) is 0.253. The lowest BCUT2D eigenvalue weighted by molar-refractivity contribution is -0.130. The van der Waals surface area contributed by atoms with E-state index in [1.807, 2.05) is 82.3 Å². The highest BCUT2D eigenvalue weighted by molar-refractivity contribution is 5.88. The van der Waals surface area contributed by atoms with E-state index < -0.39 is 6.04 Å². The van der Waals surface area contributed by atoms with Gasteiger partial charge in [-0.3, -0.25) is 9.59 Å². The van der Waals surface area contributed by atoms with Gasteiger partial charge in [0.15, 0.2) is 0 Å². The molecular formula is C23H30N2O3. The highest BCUT2D eigenvalue weighted by atomic mass is 16.5. The van der Waals surface area contributed by atoms with Crippen LogP contribution in [0.3, 0.4) is 0 Å². The predicted octanol–water partition coefficient (Wildman–Crippen LogP) is 3.65. The molecule has 150 valence electrons. The molecule has 0 aliphatic heterocycles. The molecule has 0 aromatic heterocycles. The van der Waals surface area contributed by atoms with Gasteiger partial charge in [0.25, 0.3) is 0 Å². The zero-order valence-electron chi connectivity index (χ0n) is 17.1. The SMILES string of the molecule is CCOc1cccc(C(C)NC(=O)C(NC(=O)Cc2ccccc2)C(C)C)c1. The van der Waals surface area contributed by atoms with Gasteiger partial charge in [0.1, 0.15) is 11.8 Å². The van der Waals surface area contributed by atoms with Crippen LogP contribution in [0.15, 0.2) is 54.6 Å². The number of ether oxygens (including phenoxy) is 1. The Labute approximate surface area is 167 Å². The lowest BCUT2D eigenvalue weighted by Crippen LogP contribution is -2.50. The van der Waals surface area contributed by atoms with Gasteiger partial charge >= 0.3 is 0 Å². The van der Waals surface area contributed by atoms with E-state index in [2.05, 4.69) is 10.6 Å². The van der Waals surface area contributed by atoms with E-state index in [-0.39, 0.29) is 30.2 Å². The Bertz CT molecular complexity index is 774. The minimum Gasteiger partial charge on any atom is -0.494 e. The number of nitrogens with one attached hydrogen (secondary N) is 2. The van der Waals surface area contributed by atoms with Crippen molar-refractivity contribution in [2.45, 2.75) is 46.2 Å². The van der Waals surface area contributed by atoms with Crippen molar-refractivity contribution >= 4 is 11.8 Å². The molecule has 0 bridgehead atoms. The highest BCUT2D eigenvalue weighted by Gasteiger charge is 2.25. The maximum absolute atomic E-state index is 12.8. The number of rotatable bonds is 9. The molecule has 5 nitrogen and oxygen atoms in total. The second-order valence-corrected chi connectivity index (χ2v) is 7.19. The molecule has 5 heteroatoms. The minimum atomic E-state index is -0.589. The Balaban J connectivity index is 2.00. The summed E-state index contributed by atoms with van der Waals surface area (Å²) in [5, 5.41) is 5.88. The summed E-state index contributed by atoms with van der Waals surface area (Å²) in [6, 6.07) is 16.4. The van der Waals surface area contributed by atoms with Crippen molar-refractivity contribution in [1.29, 1.82) is 0 Å². The molecule has 28 heavy (non-hydrogen) atoms. The van der Waals surface area contributed by atoms with Crippen molar-refractivity contribution in [3.05, 3.63) is 65.7 Å². The summed E-state index contributed by atoms with van der Waals surface area (Å²) in [7, 11) is 0. The number of benzene rings is 2. The van der Waals surface area contributed by atoms with Crippen LogP contribution < -0.4 is 15.4 Å². The first-order chi connectivity index (χ1) is 13.4. The monoisotopic (exact) mass is 382 g/mol. The second-order valence-electron chi connectivity index (χ2n) is 7.19. The van der Waals surface area contributed by atoms with E-state index in [9.17, 15) is 9.59 Å². The molecule has 2 unspecified atom stereocenters. The van der Waals surface area contributed by atoms with Gasteiger partial charge < -0.3 is 15.4 Å². The highest BCUT2D eigenvalue weighted by Crippen LogP contribution is 2.19. The molecule has 0 spiro atoms. The average Bonchev–Trinajstić information content (AvgIpc) is 2.67. The molecule has 2 aromatic rings. The smallest absolute Gasteiger partial charge is 0.243 e. The Kier molecular flexibility index (Phi) is 8.05. The quantitative estimate of drug-likeness (QED) is 0.696. The van der Waals surface area contributed by atoms with Gasteiger partial charge in [-0.05, 0) is 43.0 Å². The standard InChI is InChI=1S/C23H30N2O3/c1-5-28-20-13-9-12-19(15-20)17(4)24-23(27)22(16(2)3)25-21(26)14-18-10-7-6-8-11-18/h6-13,15-17,22H,5,14H2,1-4H3,(H,24,27)(H,25,26). The summed E-state index contributed by atoms with van der Waals surface area (Å²) >= 11 is 0. The molecule has 0 heterocycles. The Morgan fingerprint density at radius 2 is 1.68 bits per heavy atom. The zero-order chi connectivity index (χ0) is 20.5. The largest absolute Gasteiger partial charge is 0.494 e. The van der Waals surface area contributed by atoms with Gasteiger partial charge in [0.05, 0.1) is 19.1 Å². The zero-order valence-corrected chi connectivity index (χ0v) is 17.1. The van der Waals surface area contributed by atoms with Crippen LogP contribution >= 0.6 is 0 Å². The molecule has 2 atom stereocenters. The van der Waals surface area contributed by atoms with Crippen LogP contribution in [-0.4, -0.2) is 24.5 Å². The molecule has 2 aromatic carbocycles. The summed E-state index contributed by atoms with van der Waals surface area (Å²) in [6.45, 7) is 8.29. The van der Waals surface area contributed by atoms with Crippen molar-refractivity contribution in [3.8, 4) is 5.75 Å². The van der Waals surface area contributed by atoms with E-state index in [1.165, 1.54) is 0 Å². The molecule has 0 aliphatic rings. The molecule has 2 amide bonds. The molecule has 0 radical (unpaired) electrons. The molecule has 0 fully saturated rings. The third kappa shape index (κ3) is 6.41. The summed E-state index contributed by atoms with van der Waals surface area (Å²) < 4.78 is 5.53. The number of carbonyl (C=O) groups excluding carboxylic acids is 2. The van der Waals surface area contributed by atoms with Crippen LogP contribution in [0.25, 0.3) is 0 Å². The van der Waals surface area contributed by atoms with E-state index >= 15 is 0 Å². The Morgan fingerprint density at radius 3 is 2.32 bits per heavy atom. The van der Waals surface area contributed by atoms with E-state index in [0.29, 0.717) is 6.61 Å². The Hall–Kier alpha value is -2.82. The summed E-state index contributed by atoms with van der Waals surface area (Å²) in [5.41, 5.74) is 1.88. The van der Waals surface area contributed by atoms with E-state index in [1.54, 1.807) is 0 Å². The molecule has 2 rings (SSSR count). The predicted molar refractivity (Wildman–Crippen MR) is 111 cm³/mol. The van der Waals surface area contributed by atoms with Crippen LogP contribution in [0.2, 0.25) is 0 Å². The lowest BCUT2D eigenvalue weighted by atomic mass is 10.0. The van der Waals surface area contributed by atoms with Crippen LogP contribution in [0.4, 0.5) is 0 Å². The van der Waals surface area contributed by atoms with Crippen LogP contribution in [0, 0.1) is 5.92 Å². The maximum Gasteiger partial charge on any atom is 0.243 e. The van der Waals surface area contributed by atoms with Crippen LogP contribution in [0.1, 0.15) is 44.9 Å². The fourth-order valence-electron chi connectivity index (χ4n) is 2.97. The van der Waals surface area contributed by atoms with Gasteiger partial charge in [-0.1, -0.05) is 56.3 Å². The first kappa shape index (κ1) is 21.5. The molecule has 2 N–H and O–H groups in total. The number of hydrogen-bond acceptors (Lipinski definition) is 3. The van der Waals surface area contributed by atoms with Gasteiger partial charge in [0.2, 0.25) is 11.8 Å². The van der Waals surface area contributed by atoms with Crippen molar-refractivity contribution in [2.24, 2.45) is 5.92 Å². The average molecular weight is 383 g/mol. The van der Waals surface area contributed by atoms with Crippen molar-refractivity contribution in [1.82, 2.24) is 10.6 Å². The third-order valence-corrected chi connectivity index (χ3v) is 4.50. The van der Waals surface area contributed by atoms with E-state index in [0.717, 1.165) is 16.9 Å². The number of amides is 2. The molecule has 0 saturated carbocycles. The molecule has 0 saturated heterocycles. The van der Waals surface area contributed by atoms with Crippen molar-refractivity contribution in [2.75, 3.05) is 6.61 Å². The fourth-order valence-corrected chi connectivity index (χ4v) is 2.97. The van der Waals surface area contributed by atoms with Crippen LogP contribution in [0.5, 0.6) is 5.75 Å². The fraction of sp³-hybridized carbons (Fsp3) is 0.391. The minimum absolute atomic E-state index is 0.0262. The lowest BCUT2D eigenvalue weighted by Gasteiger charge is -2.24. The molecular weight excluding hydrogens is 352 g/mol. The first-order valence-corrected chi connectivity index (χ1v) is 9.77. The topological polar surface area (TPSA) is 67.4 Å². The number of hydrogen-bond donors (Lipinski definition) is 2. The number of carbonyl (C=O) groups is 2. The van der Waals surface area contributed by atoms with E-state index in [4.69, 9.17) is 4.74 Å². The summed E-state index contributed by atoms with van der Waals surface area (Å²) in [5.74, 6) is 0.399. The molecule has 0 aliphatic carbocycles. The van der Waals surface area contributed by atoms with Gasteiger partial charge in [0, 0.05) is 0 Å². The normalized spacial score (nSPS) is 12.9. The maximum atomic E-state index is 12.8. The van der Waals surface area contributed by atoms with Crippen LogP contribution in [-0.2, 0) is 16.0 Å². The Morgan fingerprint density at radius 1 is 0.964 bits per heavy atom. The third-order valence-electron chi connectivity index (χ3n) is 4.50. The van der Waals surface area contributed by atoms with Crippen molar-refractivity contribution in [3.63, 3.8) is 0 Å². The van der Waals surface area contributed by atoms with Gasteiger partial charge in [-0.15, -0.1) is 0 Å². The van der Waals surface area contributed by atoms with Gasteiger partial charge in [-0.2, -0.15) is 0 Å². The van der Waals surface area contributed by atoms with Gasteiger partial charge in [-0.25, -0.2) is 0 Å². The second kappa shape index (κ2) is 10.5.